The minimum absolute atomic E-state index is 0.0158. The van der Waals surface area contributed by atoms with Crippen molar-refractivity contribution in [2.75, 3.05) is 19.6 Å². The summed E-state index contributed by atoms with van der Waals surface area (Å²) in [7, 11) is -3.40. The molecular weight excluding hydrogens is 291 g/mol. The van der Waals surface area contributed by atoms with Crippen molar-refractivity contribution in [1.29, 1.82) is 0 Å². The highest BCUT2D eigenvalue weighted by molar-refractivity contribution is 7.88. The average molecular weight is 312 g/mol. The van der Waals surface area contributed by atoms with Crippen LogP contribution >= 0.6 is 0 Å². The summed E-state index contributed by atoms with van der Waals surface area (Å²) >= 11 is 0. The zero-order valence-corrected chi connectivity index (χ0v) is 13.0. The molecule has 0 radical (unpaired) electrons. The molecule has 1 aromatic rings. The smallest absolute Gasteiger partial charge is 0.218 e. The van der Waals surface area contributed by atoms with Crippen molar-refractivity contribution >= 4 is 10.0 Å². The molecule has 2 atom stereocenters. The van der Waals surface area contributed by atoms with Gasteiger partial charge in [0.05, 0.1) is 5.75 Å². The second-order valence-electron chi connectivity index (χ2n) is 6.10. The molecule has 0 saturated carbocycles. The molecule has 21 heavy (non-hydrogen) atoms. The number of halogens is 1. The molecule has 0 amide bonds. The number of fused-ring (bicyclic) bond motifs is 1. The van der Waals surface area contributed by atoms with Crippen LogP contribution in [0, 0.1) is 5.82 Å². The first-order valence-corrected chi connectivity index (χ1v) is 9.04. The summed E-state index contributed by atoms with van der Waals surface area (Å²) in [5.74, 6) is -0.515. The number of nitrogens with zero attached hydrogens (tertiary/aromatic N) is 2. The first-order valence-electron chi connectivity index (χ1n) is 7.44. The van der Waals surface area contributed by atoms with Gasteiger partial charge in [0, 0.05) is 25.2 Å². The lowest BCUT2D eigenvalue weighted by Crippen LogP contribution is -2.56. The quantitative estimate of drug-likeness (QED) is 0.855. The van der Waals surface area contributed by atoms with Gasteiger partial charge in [0.25, 0.3) is 0 Å². The predicted molar refractivity (Wildman–Crippen MR) is 79.8 cm³/mol. The Morgan fingerprint density at radius 3 is 2.90 bits per heavy atom. The summed E-state index contributed by atoms with van der Waals surface area (Å²) in [6.07, 6.45) is 2.22. The van der Waals surface area contributed by atoms with Crippen LogP contribution in [0.4, 0.5) is 4.39 Å². The Bertz CT molecular complexity index is 620. The van der Waals surface area contributed by atoms with E-state index < -0.39 is 15.8 Å². The Morgan fingerprint density at radius 2 is 2.14 bits per heavy atom. The molecule has 2 fully saturated rings. The van der Waals surface area contributed by atoms with Crippen molar-refractivity contribution in [3.63, 3.8) is 0 Å². The third-order valence-corrected chi connectivity index (χ3v) is 6.40. The van der Waals surface area contributed by atoms with Crippen LogP contribution in [0.5, 0.6) is 0 Å². The van der Waals surface area contributed by atoms with Crippen molar-refractivity contribution in [3.05, 3.63) is 35.6 Å². The fourth-order valence-electron chi connectivity index (χ4n) is 3.47. The summed E-state index contributed by atoms with van der Waals surface area (Å²) in [5.41, 5.74) is 0.510. The Morgan fingerprint density at radius 1 is 1.33 bits per heavy atom. The lowest BCUT2D eigenvalue weighted by Gasteiger charge is -2.41. The Kier molecular flexibility index (Phi) is 4.03. The maximum absolute atomic E-state index is 13.2. The minimum Gasteiger partial charge on any atom is -0.297 e. The van der Waals surface area contributed by atoms with Gasteiger partial charge in [0.1, 0.15) is 5.82 Å². The number of hydrogen-bond acceptors (Lipinski definition) is 3. The lowest BCUT2D eigenvalue weighted by molar-refractivity contribution is 0.117. The van der Waals surface area contributed by atoms with Crippen LogP contribution in [0.2, 0.25) is 0 Å². The highest BCUT2D eigenvalue weighted by Gasteiger charge is 2.39. The highest BCUT2D eigenvalue weighted by atomic mass is 32.2. The van der Waals surface area contributed by atoms with Crippen molar-refractivity contribution in [3.8, 4) is 0 Å². The van der Waals surface area contributed by atoms with Gasteiger partial charge in [-0.05, 0) is 44.0 Å². The highest BCUT2D eigenvalue weighted by Crippen LogP contribution is 2.27. The van der Waals surface area contributed by atoms with Crippen molar-refractivity contribution in [1.82, 2.24) is 9.21 Å². The SMILES string of the molecule is C[C@H]1CN2CCC[C@@H]2CN1S(=O)(=O)Cc1cccc(F)c1. The normalized spacial score (nSPS) is 27.7. The summed E-state index contributed by atoms with van der Waals surface area (Å²) in [5, 5.41) is 0. The van der Waals surface area contributed by atoms with E-state index in [1.807, 2.05) is 6.92 Å². The van der Waals surface area contributed by atoms with Gasteiger partial charge in [0.2, 0.25) is 10.0 Å². The van der Waals surface area contributed by atoms with E-state index in [0.29, 0.717) is 18.2 Å². The molecular formula is C15H21FN2O2S. The van der Waals surface area contributed by atoms with Gasteiger partial charge >= 0.3 is 0 Å². The molecule has 3 rings (SSSR count). The number of piperazine rings is 1. The van der Waals surface area contributed by atoms with Gasteiger partial charge in [-0.2, -0.15) is 4.31 Å². The molecule has 4 nitrogen and oxygen atoms in total. The summed E-state index contributed by atoms with van der Waals surface area (Å²) < 4.78 is 40.1. The molecule has 0 spiro atoms. The molecule has 2 saturated heterocycles. The van der Waals surface area contributed by atoms with Crippen LogP contribution in [0.1, 0.15) is 25.3 Å². The van der Waals surface area contributed by atoms with E-state index in [1.54, 1.807) is 16.4 Å². The number of sulfonamides is 1. The van der Waals surface area contributed by atoms with E-state index in [9.17, 15) is 12.8 Å². The molecule has 116 valence electrons. The number of hydrogen-bond donors (Lipinski definition) is 0. The topological polar surface area (TPSA) is 40.6 Å². The van der Waals surface area contributed by atoms with E-state index >= 15 is 0 Å². The molecule has 0 unspecified atom stereocenters. The number of rotatable bonds is 3. The van der Waals surface area contributed by atoms with Crippen LogP contribution in [-0.4, -0.2) is 49.3 Å². The third-order valence-electron chi connectivity index (χ3n) is 4.48. The summed E-state index contributed by atoms with van der Waals surface area (Å²) in [4.78, 5) is 2.39. The number of benzene rings is 1. The van der Waals surface area contributed by atoms with Crippen LogP contribution < -0.4 is 0 Å². The standard InChI is InChI=1S/C15H21FN2O2S/c1-12-9-17-7-3-6-15(17)10-18(12)21(19,20)11-13-4-2-5-14(16)8-13/h2,4-5,8,12,15H,3,6-7,9-11H2,1H3/t12-,15+/m0/s1. The Balaban J connectivity index is 1.77. The van der Waals surface area contributed by atoms with Gasteiger partial charge < -0.3 is 0 Å². The Hall–Kier alpha value is -0.980. The average Bonchev–Trinajstić information content (AvgIpc) is 2.84. The molecule has 2 aliphatic heterocycles. The van der Waals surface area contributed by atoms with Gasteiger partial charge in [-0.15, -0.1) is 0 Å². The zero-order valence-electron chi connectivity index (χ0n) is 12.2. The molecule has 0 N–H and O–H groups in total. The second-order valence-corrected chi connectivity index (χ2v) is 8.02. The predicted octanol–water partition coefficient (Wildman–Crippen LogP) is 1.82. The molecule has 0 aromatic heterocycles. The second kappa shape index (κ2) is 5.66. The van der Waals surface area contributed by atoms with Crippen molar-refractivity contribution in [2.24, 2.45) is 0 Å². The van der Waals surface area contributed by atoms with Crippen molar-refractivity contribution < 1.29 is 12.8 Å². The van der Waals surface area contributed by atoms with E-state index in [-0.39, 0.29) is 11.8 Å². The first kappa shape index (κ1) is 14.9. The molecule has 2 heterocycles. The molecule has 0 aliphatic carbocycles. The molecule has 6 heteroatoms. The van der Waals surface area contributed by atoms with Crippen molar-refractivity contribution in [2.45, 2.75) is 37.6 Å². The van der Waals surface area contributed by atoms with Gasteiger partial charge in [-0.25, -0.2) is 12.8 Å². The largest absolute Gasteiger partial charge is 0.297 e. The zero-order chi connectivity index (χ0) is 15.0. The minimum atomic E-state index is -3.40. The third kappa shape index (κ3) is 3.12. The van der Waals surface area contributed by atoms with Crippen LogP contribution in [0.15, 0.2) is 24.3 Å². The maximum Gasteiger partial charge on any atom is 0.218 e. The Labute approximate surface area is 125 Å². The van der Waals surface area contributed by atoms with Crippen LogP contribution in [-0.2, 0) is 15.8 Å². The first-order chi connectivity index (χ1) is 9.95. The fraction of sp³-hybridized carbons (Fsp3) is 0.600. The van der Waals surface area contributed by atoms with Gasteiger partial charge in [-0.3, -0.25) is 4.90 Å². The van der Waals surface area contributed by atoms with E-state index in [0.717, 1.165) is 25.9 Å². The fourth-order valence-corrected chi connectivity index (χ4v) is 5.25. The molecule has 2 aliphatic rings. The van der Waals surface area contributed by atoms with Crippen LogP contribution in [0.25, 0.3) is 0 Å². The van der Waals surface area contributed by atoms with E-state index in [1.165, 1.54) is 12.1 Å². The summed E-state index contributed by atoms with van der Waals surface area (Å²) in [6, 6.07) is 6.18. The molecule has 0 bridgehead atoms. The summed E-state index contributed by atoms with van der Waals surface area (Å²) in [6.45, 7) is 4.40. The van der Waals surface area contributed by atoms with Gasteiger partial charge in [0.15, 0.2) is 0 Å². The van der Waals surface area contributed by atoms with Crippen LogP contribution in [0.3, 0.4) is 0 Å². The monoisotopic (exact) mass is 312 g/mol. The lowest BCUT2D eigenvalue weighted by atomic mass is 10.1. The molecule has 1 aromatic carbocycles. The maximum atomic E-state index is 13.2. The van der Waals surface area contributed by atoms with E-state index in [4.69, 9.17) is 0 Å². The van der Waals surface area contributed by atoms with E-state index in [2.05, 4.69) is 4.90 Å². The van der Waals surface area contributed by atoms with Gasteiger partial charge in [-0.1, -0.05) is 12.1 Å².